The van der Waals surface area contributed by atoms with Gasteiger partial charge in [-0.2, -0.15) is 0 Å². The SMILES string of the molecule is CCOC(=O)/C=C\[C@H](OCOC)[C@H]1OC(C)(C)O[C@@H]1[C@H](O[Si](C)(C)C(C)(C)C)c1ccccc1. The van der Waals surface area contributed by atoms with Crippen molar-refractivity contribution in [3.05, 3.63) is 48.0 Å². The predicted octanol–water partition coefficient (Wildman–Crippen LogP) is 5.38. The van der Waals surface area contributed by atoms with Crippen molar-refractivity contribution in [3.8, 4) is 0 Å². The molecule has 0 bridgehead atoms. The Morgan fingerprint density at radius 3 is 2.32 bits per heavy atom. The summed E-state index contributed by atoms with van der Waals surface area (Å²) in [6, 6.07) is 10.1. The van der Waals surface area contributed by atoms with Gasteiger partial charge in [-0.1, -0.05) is 51.1 Å². The largest absolute Gasteiger partial charge is 0.463 e. The molecule has 1 aromatic carbocycles. The van der Waals surface area contributed by atoms with Gasteiger partial charge in [-0.25, -0.2) is 4.79 Å². The quantitative estimate of drug-likeness (QED) is 0.177. The zero-order valence-corrected chi connectivity index (χ0v) is 23.1. The number of ether oxygens (including phenoxy) is 5. The maximum atomic E-state index is 12.0. The van der Waals surface area contributed by atoms with Crippen LogP contribution in [0.3, 0.4) is 0 Å². The summed E-state index contributed by atoms with van der Waals surface area (Å²) < 4.78 is 35.9. The minimum Gasteiger partial charge on any atom is -0.463 e. The molecule has 0 unspecified atom stereocenters. The van der Waals surface area contributed by atoms with Crippen molar-refractivity contribution < 1.29 is 32.9 Å². The molecule has 0 saturated carbocycles. The van der Waals surface area contributed by atoms with Crippen LogP contribution in [0.2, 0.25) is 18.1 Å². The van der Waals surface area contributed by atoms with Gasteiger partial charge in [0.1, 0.15) is 25.1 Å². The summed E-state index contributed by atoms with van der Waals surface area (Å²) in [6.45, 7) is 16.9. The average Bonchev–Trinajstić information content (AvgIpc) is 3.07. The van der Waals surface area contributed by atoms with Gasteiger partial charge in [0.2, 0.25) is 0 Å². The molecule has 0 N–H and O–H groups in total. The number of carbonyl (C=O) groups is 1. The Kier molecular flexibility index (Phi) is 10.1. The van der Waals surface area contributed by atoms with Crippen LogP contribution in [0.4, 0.5) is 0 Å². The minimum atomic E-state index is -2.19. The summed E-state index contributed by atoms with van der Waals surface area (Å²) in [5, 5.41) is 0.000269. The predicted molar refractivity (Wildman–Crippen MR) is 134 cm³/mol. The summed E-state index contributed by atoms with van der Waals surface area (Å²) in [5.74, 6) is -1.31. The number of rotatable bonds is 11. The molecule has 1 aromatic rings. The highest BCUT2D eigenvalue weighted by molar-refractivity contribution is 6.74. The molecule has 7 nitrogen and oxygen atoms in total. The van der Waals surface area contributed by atoms with E-state index in [-0.39, 0.29) is 11.8 Å². The van der Waals surface area contributed by atoms with Crippen LogP contribution in [-0.4, -0.2) is 58.9 Å². The number of methoxy groups -OCH3 is 1. The van der Waals surface area contributed by atoms with Crippen LogP contribution in [0.15, 0.2) is 42.5 Å². The van der Waals surface area contributed by atoms with E-state index in [1.165, 1.54) is 6.08 Å². The first-order valence-electron chi connectivity index (χ1n) is 11.8. The van der Waals surface area contributed by atoms with Gasteiger partial charge in [0.15, 0.2) is 14.1 Å². The Balaban J connectivity index is 2.49. The van der Waals surface area contributed by atoms with Crippen LogP contribution in [0, 0.1) is 0 Å². The van der Waals surface area contributed by atoms with Gasteiger partial charge in [-0.05, 0) is 50.5 Å². The fraction of sp³-hybridized carbons (Fsp3) is 0.654. The number of esters is 1. The van der Waals surface area contributed by atoms with E-state index >= 15 is 0 Å². The number of benzene rings is 1. The van der Waals surface area contributed by atoms with Gasteiger partial charge in [0.05, 0.1) is 12.7 Å². The van der Waals surface area contributed by atoms with Gasteiger partial charge in [0, 0.05) is 13.2 Å². The van der Waals surface area contributed by atoms with Crippen LogP contribution >= 0.6 is 0 Å². The fourth-order valence-electron chi connectivity index (χ4n) is 3.54. The third-order valence-corrected chi connectivity index (χ3v) is 10.7. The van der Waals surface area contributed by atoms with Crippen molar-refractivity contribution in [2.45, 2.75) is 89.9 Å². The minimum absolute atomic E-state index is 0.000269. The second-order valence-electron chi connectivity index (χ2n) is 10.4. The van der Waals surface area contributed by atoms with Crippen LogP contribution in [0.25, 0.3) is 0 Å². The van der Waals surface area contributed by atoms with Crippen LogP contribution in [-0.2, 0) is 32.9 Å². The molecule has 4 atom stereocenters. The van der Waals surface area contributed by atoms with Crippen molar-refractivity contribution in [2.75, 3.05) is 20.5 Å². The second kappa shape index (κ2) is 11.9. The first-order chi connectivity index (χ1) is 15.8. The third kappa shape index (κ3) is 7.73. The molecule has 1 fully saturated rings. The van der Waals surface area contributed by atoms with E-state index in [1.807, 2.05) is 44.2 Å². The lowest BCUT2D eigenvalue weighted by Crippen LogP contribution is -2.47. The molecule has 0 spiro atoms. The number of hydrogen-bond acceptors (Lipinski definition) is 7. The van der Waals surface area contributed by atoms with Crippen LogP contribution in [0.1, 0.15) is 53.2 Å². The molecule has 8 heteroatoms. The van der Waals surface area contributed by atoms with Crippen LogP contribution in [0.5, 0.6) is 0 Å². The van der Waals surface area contributed by atoms with Crippen molar-refractivity contribution in [1.82, 2.24) is 0 Å². The molecule has 1 saturated heterocycles. The molecule has 2 rings (SSSR count). The monoisotopic (exact) mass is 494 g/mol. The molecule has 0 aromatic heterocycles. The summed E-state index contributed by atoms with van der Waals surface area (Å²) in [6.07, 6.45) is 0.963. The van der Waals surface area contributed by atoms with Gasteiger partial charge in [-0.3, -0.25) is 0 Å². The summed E-state index contributed by atoms with van der Waals surface area (Å²) in [7, 11) is -0.646. The molecule has 1 aliphatic heterocycles. The van der Waals surface area contributed by atoms with E-state index in [4.69, 9.17) is 28.1 Å². The maximum absolute atomic E-state index is 12.0. The Hall–Kier alpha value is -1.55. The molecule has 192 valence electrons. The van der Waals surface area contributed by atoms with E-state index < -0.39 is 44.5 Å². The first kappa shape index (κ1) is 28.7. The standard InChI is InChI=1S/C26H42O7Si/c1-10-29-21(27)17-16-20(30-18-28-7)23-24(32-26(5,6)31-23)22(19-14-12-11-13-15-19)33-34(8,9)25(2,3)4/h11-17,20,22-24H,10,18H2,1-9H3/b17-16-/t20-,22+,23+,24+/m0/s1. The topological polar surface area (TPSA) is 72.5 Å². The highest BCUT2D eigenvalue weighted by Crippen LogP contribution is 2.45. The molecular formula is C26H42O7Si. The Labute approximate surface area is 205 Å². The zero-order chi connectivity index (χ0) is 25.6. The summed E-state index contributed by atoms with van der Waals surface area (Å²) in [4.78, 5) is 12.0. The number of hydrogen-bond donors (Lipinski definition) is 0. The van der Waals surface area contributed by atoms with Gasteiger partial charge < -0.3 is 28.1 Å². The van der Waals surface area contributed by atoms with Crippen molar-refractivity contribution in [1.29, 1.82) is 0 Å². The molecule has 0 radical (unpaired) electrons. The first-order valence-corrected chi connectivity index (χ1v) is 14.8. The van der Waals surface area contributed by atoms with E-state index in [2.05, 4.69) is 33.9 Å². The lowest BCUT2D eigenvalue weighted by atomic mass is 9.97. The lowest BCUT2D eigenvalue weighted by Gasteiger charge is -2.41. The maximum Gasteiger partial charge on any atom is 0.330 e. The average molecular weight is 495 g/mol. The normalized spacial score (nSPS) is 22.6. The number of carbonyl (C=O) groups excluding carboxylic acids is 1. The van der Waals surface area contributed by atoms with E-state index in [0.29, 0.717) is 6.61 Å². The van der Waals surface area contributed by atoms with E-state index in [1.54, 1.807) is 20.1 Å². The van der Waals surface area contributed by atoms with E-state index in [0.717, 1.165) is 5.56 Å². The lowest BCUT2D eigenvalue weighted by molar-refractivity contribution is -0.165. The summed E-state index contributed by atoms with van der Waals surface area (Å²) >= 11 is 0. The zero-order valence-electron chi connectivity index (χ0n) is 22.1. The Bertz CT molecular complexity index is 801. The molecule has 0 amide bonds. The van der Waals surface area contributed by atoms with Crippen molar-refractivity contribution >= 4 is 14.3 Å². The highest BCUT2D eigenvalue weighted by Gasteiger charge is 2.51. The third-order valence-electron chi connectivity index (χ3n) is 6.23. The molecule has 1 heterocycles. The molecule has 34 heavy (non-hydrogen) atoms. The molecule has 1 aliphatic rings. The molecular weight excluding hydrogens is 452 g/mol. The van der Waals surface area contributed by atoms with Crippen molar-refractivity contribution in [3.63, 3.8) is 0 Å². The summed E-state index contributed by atoms with van der Waals surface area (Å²) in [5.41, 5.74) is 1.00. The van der Waals surface area contributed by atoms with Crippen molar-refractivity contribution in [2.24, 2.45) is 0 Å². The highest BCUT2D eigenvalue weighted by atomic mass is 28.4. The van der Waals surface area contributed by atoms with Gasteiger partial charge in [0.25, 0.3) is 0 Å². The Morgan fingerprint density at radius 1 is 1.15 bits per heavy atom. The fourth-order valence-corrected chi connectivity index (χ4v) is 4.80. The molecule has 0 aliphatic carbocycles. The van der Waals surface area contributed by atoms with E-state index in [9.17, 15) is 4.79 Å². The second-order valence-corrected chi connectivity index (χ2v) is 15.2. The Morgan fingerprint density at radius 2 is 1.76 bits per heavy atom. The van der Waals surface area contributed by atoms with Gasteiger partial charge in [-0.15, -0.1) is 0 Å². The smallest absolute Gasteiger partial charge is 0.330 e. The van der Waals surface area contributed by atoms with Gasteiger partial charge >= 0.3 is 5.97 Å². The van der Waals surface area contributed by atoms with Crippen LogP contribution < -0.4 is 0 Å².